The number of hydrogen-bond donors (Lipinski definition) is 0. The quantitative estimate of drug-likeness (QED) is 0.439. The normalized spacial score (nSPS) is 8.00. The second-order valence-electron chi connectivity index (χ2n) is 2.62. The standard InChI is InChI=1S/C9H6O6.3Rb/c10-7(11)4-1-2-5(8(12)13)6(3-4)9(14)15;;;/h1-3H,(H,10,11)(H,12,13)(H,14,15);;;/q;3*+1/p-3. The van der Waals surface area contributed by atoms with E-state index in [9.17, 15) is 29.7 Å². The van der Waals surface area contributed by atoms with Crippen molar-refractivity contribution in [3.05, 3.63) is 34.9 Å². The molecule has 1 aromatic carbocycles. The Labute approximate surface area is 249 Å². The van der Waals surface area contributed by atoms with E-state index in [0.717, 1.165) is 12.1 Å². The van der Waals surface area contributed by atoms with E-state index in [1.165, 1.54) is 0 Å². The molecule has 0 radical (unpaired) electrons. The number of carboxylic acid groups (broad SMARTS) is 3. The van der Waals surface area contributed by atoms with Gasteiger partial charge in [-0.3, -0.25) is 0 Å². The summed E-state index contributed by atoms with van der Waals surface area (Å²) in [6.07, 6.45) is 0. The third kappa shape index (κ3) is 7.89. The number of carbonyl (C=O) groups is 3. The van der Waals surface area contributed by atoms with Gasteiger partial charge in [0.25, 0.3) is 0 Å². The molecule has 0 N–H and O–H groups in total. The summed E-state index contributed by atoms with van der Waals surface area (Å²) in [5.74, 6) is -5.13. The fourth-order valence-corrected chi connectivity index (χ4v) is 1.02. The summed E-state index contributed by atoms with van der Waals surface area (Å²) < 4.78 is 0. The average molecular weight is 464 g/mol. The van der Waals surface area contributed by atoms with Crippen molar-refractivity contribution in [1.82, 2.24) is 0 Å². The van der Waals surface area contributed by atoms with Crippen LogP contribution in [0.25, 0.3) is 0 Å². The van der Waals surface area contributed by atoms with Crippen LogP contribution in [0.4, 0.5) is 0 Å². The Bertz CT molecular complexity index is 460. The second kappa shape index (κ2) is 12.6. The molecular weight excluding hydrogens is 460 g/mol. The maximum Gasteiger partial charge on any atom is 1.00 e. The van der Waals surface area contributed by atoms with Crippen LogP contribution in [0.15, 0.2) is 18.2 Å². The zero-order valence-corrected chi connectivity index (χ0v) is 24.9. The Kier molecular flexibility index (Phi) is 18.1. The van der Waals surface area contributed by atoms with Crippen LogP contribution in [0, 0.1) is 0 Å². The third-order valence-electron chi connectivity index (χ3n) is 1.70. The minimum Gasteiger partial charge on any atom is -0.545 e. The van der Waals surface area contributed by atoms with E-state index in [1.54, 1.807) is 0 Å². The van der Waals surface area contributed by atoms with Gasteiger partial charge in [0.15, 0.2) is 0 Å². The zero-order chi connectivity index (χ0) is 11.6. The molecule has 0 heterocycles. The van der Waals surface area contributed by atoms with Gasteiger partial charge in [-0.1, -0.05) is 12.1 Å². The molecular formula is C9H3O6Rb3. The SMILES string of the molecule is O=C([O-])c1ccc(C(=O)[O-])c(C(=O)[O-])c1.[Rb+].[Rb+].[Rb+]. The predicted molar refractivity (Wildman–Crippen MR) is 39.4 cm³/mol. The van der Waals surface area contributed by atoms with Crippen LogP contribution in [0.5, 0.6) is 0 Å². The topological polar surface area (TPSA) is 120 Å². The van der Waals surface area contributed by atoms with Gasteiger partial charge in [-0.2, -0.15) is 0 Å². The molecule has 0 aliphatic carbocycles. The van der Waals surface area contributed by atoms with Gasteiger partial charge in [0.2, 0.25) is 0 Å². The van der Waals surface area contributed by atoms with E-state index >= 15 is 0 Å². The Morgan fingerprint density at radius 1 is 0.722 bits per heavy atom. The first-order valence-electron chi connectivity index (χ1n) is 3.71. The van der Waals surface area contributed by atoms with Crippen molar-refractivity contribution in [2.75, 3.05) is 0 Å². The van der Waals surface area contributed by atoms with Gasteiger partial charge in [-0.15, -0.1) is 0 Å². The summed E-state index contributed by atoms with van der Waals surface area (Å²) in [7, 11) is 0. The Morgan fingerprint density at radius 3 is 1.50 bits per heavy atom. The van der Waals surface area contributed by atoms with Crippen LogP contribution in [0.2, 0.25) is 0 Å². The van der Waals surface area contributed by atoms with Crippen LogP contribution in [0.1, 0.15) is 31.1 Å². The second-order valence-corrected chi connectivity index (χ2v) is 2.62. The maximum absolute atomic E-state index is 10.5. The summed E-state index contributed by atoms with van der Waals surface area (Å²) in [6.45, 7) is 0. The van der Waals surface area contributed by atoms with Crippen molar-refractivity contribution in [3.8, 4) is 0 Å². The third-order valence-corrected chi connectivity index (χ3v) is 1.70. The number of aromatic carboxylic acids is 3. The van der Waals surface area contributed by atoms with Crippen molar-refractivity contribution in [2.45, 2.75) is 0 Å². The van der Waals surface area contributed by atoms with Gasteiger partial charge < -0.3 is 29.7 Å². The van der Waals surface area contributed by atoms with Crippen LogP contribution in [-0.4, -0.2) is 17.9 Å². The summed E-state index contributed by atoms with van der Waals surface area (Å²) in [6, 6.07) is 2.37. The maximum atomic E-state index is 10.5. The van der Waals surface area contributed by atoms with Gasteiger partial charge in [-0.05, 0) is 11.6 Å². The molecule has 1 rings (SSSR count). The molecule has 0 spiro atoms. The van der Waals surface area contributed by atoms with E-state index in [0.29, 0.717) is 6.07 Å². The molecule has 0 saturated carbocycles. The van der Waals surface area contributed by atoms with Gasteiger partial charge in [0.05, 0.1) is 17.9 Å². The number of hydrogen-bond acceptors (Lipinski definition) is 6. The molecule has 0 saturated heterocycles. The summed E-state index contributed by atoms with van der Waals surface area (Å²) in [5, 5.41) is 31.3. The van der Waals surface area contributed by atoms with Crippen LogP contribution < -0.4 is 190 Å². The summed E-state index contributed by atoms with van der Waals surface area (Å²) in [4.78, 5) is 31.3. The Balaban J connectivity index is -0.000000750. The van der Waals surface area contributed by atoms with Crippen molar-refractivity contribution in [3.63, 3.8) is 0 Å². The molecule has 0 aliphatic heterocycles. The fraction of sp³-hybridized carbons (Fsp3) is 0. The van der Waals surface area contributed by atoms with E-state index in [-0.39, 0.29) is 175 Å². The summed E-state index contributed by atoms with van der Waals surface area (Å²) in [5.41, 5.74) is -1.84. The molecule has 1 aromatic rings. The molecule has 0 atom stereocenters. The average Bonchev–Trinajstić information content (AvgIpc) is 2.16. The molecule has 78 valence electrons. The van der Waals surface area contributed by atoms with Crippen LogP contribution in [0.3, 0.4) is 0 Å². The van der Waals surface area contributed by atoms with E-state index in [2.05, 4.69) is 0 Å². The van der Waals surface area contributed by atoms with Crippen molar-refractivity contribution < 1.29 is 204 Å². The molecule has 6 nitrogen and oxygen atoms in total. The van der Waals surface area contributed by atoms with Gasteiger partial charge >= 0.3 is 175 Å². The number of rotatable bonds is 3. The van der Waals surface area contributed by atoms with Gasteiger partial charge in [0.1, 0.15) is 0 Å². The van der Waals surface area contributed by atoms with Crippen molar-refractivity contribution in [2.24, 2.45) is 0 Å². The molecule has 0 bridgehead atoms. The monoisotopic (exact) mass is 462 g/mol. The van der Waals surface area contributed by atoms with Crippen molar-refractivity contribution >= 4 is 17.9 Å². The molecule has 9 heteroatoms. The minimum absolute atomic E-state index is 0. The first kappa shape index (κ1) is 26.0. The number of benzene rings is 1. The first-order valence-corrected chi connectivity index (χ1v) is 3.71. The van der Waals surface area contributed by atoms with Crippen molar-refractivity contribution in [1.29, 1.82) is 0 Å². The van der Waals surface area contributed by atoms with Gasteiger partial charge in [-0.25, -0.2) is 0 Å². The molecule has 0 fully saturated rings. The number of carboxylic acids is 3. The van der Waals surface area contributed by atoms with Gasteiger partial charge in [0, 0.05) is 11.1 Å². The molecule has 0 unspecified atom stereocenters. The predicted octanol–water partition coefficient (Wildman–Crippen LogP) is -12.2. The Hall–Kier alpha value is 3.05. The largest absolute Gasteiger partial charge is 1.00 e. The molecule has 18 heavy (non-hydrogen) atoms. The fourth-order valence-electron chi connectivity index (χ4n) is 1.02. The minimum atomic E-state index is -1.79. The summed E-state index contributed by atoms with van der Waals surface area (Å²) >= 11 is 0. The van der Waals surface area contributed by atoms with Crippen LogP contribution >= 0.6 is 0 Å². The smallest absolute Gasteiger partial charge is 0.545 e. The molecule has 0 aromatic heterocycles. The Morgan fingerprint density at radius 2 is 1.17 bits per heavy atom. The number of carbonyl (C=O) groups excluding carboxylic acids is 3. The van der Waals surface area contributed by atoms with E-state index in [4.69, 9.17) is 0 Å². The first-order chi connectivity index (χ1) is 6.93. The zero-order valence-electron chi connectivity index (χ0n) is 10.2. The van der Waals surface area contributed by atoms with E-state index in [1.807, 2.05) is 0 Å². The molecule has 0 amide bonds. The molecule has 0 aliphatic rings. The van der Waals surface area contributed by atoms with E-state index < -0.39 is 34.6 Å². The van der Waals surface area contributed by atoms with Crippen LogP contribution in [-0.2, 0) is 0 Å².